The fraction of sp³-hybridized carbons (Fsp3) is 0.812. The molecule has 0 aromatic rings. The van der Waals surface area contributed by atoms with Crippen LogP contribution in [-0.4, -0.2) is 70.8 Å². The van der Waals surface area contributed by atoms with Crippen molar-refractivity contribution < 1.29 is 24.2 Å². The number of nitrogens with zero attached hydrogens (tertiary/aromatic N) is 2. The molecule has 1 saturated heterocycles. The molecule has 1 aliphatic heterocycles. The Morgan fingerprint density at radius 1 is 0.958 bits per heavy atom. The lowest BCUT2D eigenvalue weighted by Gasteiger charge is -2.38. The number of ether oxygens (including phenoxy) is 1. The van der Waals surface area contributed by atoms with E-state index in [1.807, 2.05) is 20.8 Å². The van der Waals surface area contributed by atoms with Crippen LogP contribution in [0.25, 0.3) is 0 Å². The molecule has 3 amide bonds. The minimum atomic E-state index is -0.985. The van der Waals surface area contributed by atoms with Gasteiger partial charge in [0.25, 0.3) is 0 Å². The highest BCUT2D eigenvalue weighted by atomic mass is 16.6. The standard InChI is InChI=1S/C16H29N3O5/c1-15(2,3)11(17-13(21)24-16(4,5)6)12(20)18-7-9-19(10-8-18)14(22)23/h11H,7-10H2,1-6H3,(H,17,21)(H,22,23)/t11-/m1/s1. The smallest absolute Gasteiger partial charge is 0.408 e. The summed E-state index contributed by atoms with van der Waals surface area (Å²) < 4.78 is 5.24. The molecule has 138 valence electrons. The van der Waals surface area contributed by atoms with Crippen LogP contribution in [0.4, 0.5) is 9.59 Å². The Balaban J connectivity index is 2.77. The zero-order chi connectivity index (χ0) is 18.7. The Hall–Kier alpha value is -1.99. The van der Waals surface area contributed by atoms with Gasteiger partial charge in [0.15, 0.2) is 0 Å². The van der Waals surface area contributed by atoms with Gasteiger partial charge in [-0.25, -0.2) is 9.59 Å². The second-order valence-corrected chi connectivity index (χ2v) is 8.04. The van der Waals surface area contributed by atoms with Crippen LogP contribution in [0.1, 0.15) is 41.5 Å². The van der Waals surface area contributed by atoms with Crippen LogP contribution in [0.3, 0.4) is 0 Å². The SMILES string of the molecule is CC(C)(C)OC(=O)N[C@H](C(=O)N1CCN(C(=O)O)CC1)C(C)(C)C. The van der Waals surface area contributed by atoms with Crippen molar-refractivity contribution in [3.8, 4) is 0 Å². The summed E-state index contributed by atoms with van der Waals surface area (Å²) >= 11 is 0. The Labute approximate surface area is 143 Å². The first-order chi connectivity index (χ1) is 10.8. The van der Waals surface area contributed by atoms with Gasteiger partial charge in [-0.1, -0.05) is 20.8 Å². The topological polar surface area (TPSA) is 99.2 Å². The van der Waals surface area contributed by atoms with E-state index < -0.39 is 29.2 Å². The molecule has 0 aliphatic carbocycles. The summed E-state index contributed by atoms with van der Waals surface area (Å²) in [6.45, 7) is 12.0. The molecule has 1 aliphatic rings. The number of carboxylic acid groups (broad SMARTS) is 1. The van der Waals surface area contributed by atoms with Crippen LogP contribution in [-0.2, 0) is 9.53 Å². The van der Waals surface area contributed by atoms with Crippen LogP contribution >= 0.6 is 0 Å². The molecule has 24 heavy (non-hydrogen) atoms. The van der Waals surface area contributed by atoms with Crippen molar-refractivity contribution in [3.05, 3.63) is 0 Å². The molecule has 0 unspecified atom stereocenters. The molecule has 1 rings (SSSR count). The first-order valence-corrected chi connectivity index (χ1v) is 8.07. The van der Waals surface area contributed by atoms with Gasteiger partial charge in [-0.15, -0.1) is 0 Å². The zero-order valence-corrected chi connectivity index (χ0v) is 15.4. The molecular formula is C16H29N3O5. The monoisotopic (exact) mass is 343 g/mol. The molecule has 2 N–H and O–H groups in total. The molecule has 0 aromatic carbocycles. The van der Waals surface area contributed by atoms with Gasteiger partial charge in [0.05, 0.1) is 0 Å². The largest absolute Gasteiger partial charge is 0.465 e. The molecule has 0 saturated carbocycles. The summed E-state index contributed by atoms with van der Waals surface area (Å²) in [5, 5.41) is 11.6. The second-order valence-electron chi connectivity index (χ2n) is 8.04. The van der Waals surface area contributed by atoms with Crippen molar-refractivity contribution in [2.45, 2.75) is 53.2 Å². The lowest BCUT2D eigenvalue weighted by Crippen LogP contribution is -2.59. The summed E-state index contributed by atoms with van der Waals surface area (Å²) in [6.07, 6.45) is -1.62. The highest BCUT2D eigenvalue weighted by Crippen LogP contribution is 2.22. The molecule has 1 fully saturated rings. The summed E-state index contributed by atoms with van der Waals surface area (Å²) in [4.78, 5) is 38.7. The third kappa shape index (κ3) is 5.90. The summed E-state index contributed by atoms with van der Waals surface area (Å²) in [5.41, 5.74) is -1.15. The Bertz CT molecular complexity index is 485. The van der Waals surface area contributed by atoms with E-state index in [1.54, 1.807) is 25.7 Å². The predicted octanol–water partition coefficient (Wildman–Crippen LogP) is 1.75. The van der Waals surface area contributed by atoms with E-state index in [1.165, 1.54) is 4.90 Å². The molecule has 8 heteroatoms. The van der Waals surface area contributed by atoms with Gasteiger partial charge in [0.2, 0.25) is 5.91 Å². The minimum absolute atomic E-state index is 0.224. The van der Waals surface area contributed by atoms with Gasteiger partial charge >= 0.3 is 12.2 Å². The van der Waals surface area contributed by atoms with E-state index in [0.717, 1.165) is 0 Å². The van der Waals surface area contributed by atoms with Crippen molar-refractivity contribution in [1.82, 2.24) is 15.1 Å². The maximum atomic E-state index is 12.8. The van der Waals surface area contributed by atoms with Crippen molar-refractivity contribution in [3.63, 3.8) is 0 Å². The van der Waals surface area contributed by atoms with Crippen molar-refractivity contribution >= 4 is 18.1 Å². The van der Waals surface area contributed by atoms with Crippen LogP contribution in [0.15, 0.2) is 0 Å². The highest BCUT2D eigenvalue weighted by molar-refractivity contribution is 5.86. The van der Waals surface area contributed by atoms with E-state index in [4.69, 9.17) is 9.84 Å². The maximum absolute atomic E-state index is 12.8. The van der Waals surface area contributed by atoms with Crippen molar-refractivity contribution in [1.29, 1.82) is 0 Å². The molecule has 1 heterocycles. The number of hydrogen-bond acceptors (Lipinski definition) is 4. The number of hydrogen-bond donors (Lipinski definition) is 2. The number of amides is 3. The highest BCUT2D eigenvalue weighted by Gasteiger charge is 2.38. The van der Waals surface area contributed by atoms with E-state index in [2.05, 4.69) is 5.32 Å². The molecule has 8 nitrogen and oxygen atoms in total. The Morgan fingerprint density at radius 2 is 1.42 bits per heavy atom. The number of nitrogens with one attached hydrogen (secondary N) is 1. The Morgan fingerprint density at radius 3 is 1.79 bits per heavy atom. The quantitative estimate of drug-likeness (QED) is 0.796. The zero-order valence-electron chi connectivity index (χ0n) is 15.4. The lowest BCUT2D eigenvalue weighted by atomic mass is 9.85. The van der Waals surface area contributed by atoms with Gasteiger partial charge in [0, 0.05) is 26.2 Å². The molecule has 0 aromatic heterocycles. The third-order valence-electron chi connectivity index (χ3n) is 3.64. The van der Waals surface area contributed by atoms with Gasteiger partial charge in [-0.2, -0.15) is 0 Å². The van der Waals surface area contributed by atoms with Crippen LogP contribution in [0.5, 0.6) is 0 Å². The number of carbonyl (C=O) groups excluding carboxylic acids is 2. The number of carbonyl (C=O) groups is 3. The molecule has 1 atom stereocenters. The second kappa shape index (κ2) is 7.27. The van der Waals surface area contributed by atoms with E-state index >= 15 is 0 Å². The fourth-order valence-electron chi connectivity index (χ4n) is 2.37. The van der Waals surface area contributed by atoms with Gasteiger partial charge in [-0.3, -0.25) is 4.79 Å². The van der Waals surface area contributed by atoms with Gasteiger partial charge in [0.1, 0.15) is 11.6 Å². The van der Waals surface area contributed by atoms with E-state index in [0.29, 0.717) is 13.1 Å². The third-order valence-corrected chi connectivity index (χ3v) is 3.64. The summed E-state index contributed by atoms with van der Waals surface area (Å²) in [6, 6.07) is -0.747. The molecule has 0 bridgehead atoms. The summed E-state index contributed by atoms with van der Waals surface area (Å²) in [5.74, 6) is -0.224. The normalized spacial score (nSPS) is 17.2. The van der Waals surface area contributed by atoms with Gasteiger partial charge in [-0.05, 0) is 26.2 Å². The average molecular weight is 343 g/mol. The van der Waals surface area contributed by atoms with Gasteiger partial charge < -0.3 is 25.0 Å². The number of rotatable bonds is 2. The summed E-state index contributed by atoms with van der Waals surface area (Å²) in [7, 11) is 0. The first kappa shape index (κ1) is 20.1. The van der Waals surface area contributed by atoms with Crippen LogP contribution in [0.2, 0.25) is 0 Å². The molecule has 0 spiro atoms. The van der Waals surface area contributed by atoms with Crippen molar-refractivity contribution in [2.24, 2.45) is 5.41 Å². The van der Waals surface area contributed by atoms with E-state index in [-0.39, 0.29) is 19.0 Å². The van der Waals surface area contributed by atoms with Crippen molar-refractivity contribution in [2.75, 3.05) is 26.2 Å². The lowest BCUT2D eigenvalue weighted by molar-refractivity contribution is -0.137. The van der Waals surface area contributed by atoms with Crippen LogP contribution in [0, 0.1) is 5.41 Å². The predicted molar refractivity (Wildman–Crippen MR) is 88.8 cm³/mol. The fourth-order valence-corrected chi connectivity index (χ4v) is 2.37. The maximum Gasteiger partial charge on any atom is 0.408 e. The van der Waals surface area contributed by atoms with Crippen LogP contribution < -0.4 is 5.32 Å². The minimum Gasteiger partial charge on any atom is -0.465 e. The number of piperazine rings is 1. The van der Waals surface area contributed by atoms with E-state index in [9.17, 15) is 14.4 Å². The first-order valence-electron chi connectivity index (χ1n) is 8.07. The molecular weight excluding hydrogens is 314 g/mol. The average Bonchev–Trinajstić information content (AvgIpc) is 2.41. The molecule has 0 radical (unpaired) electrons. The number of alkyl carbamates (subject to hydrolysis) is 1. The Kier molecular flexibility index (Phi) is 6.08.